The molecule has 0 aromatic heterocycles. The molecule has 25 heavy (non-hydrogen) atoms. The van der Waals surface area contributed by atoms with Crippen LogP contribution in [0.4, 0.5) is 4.79 Å². The van der Waals surface area contributed by atoms with E-state index < -0.39 is 21.4 Å². The molecule has 4 aliphatic heterocycles. The molecule has 1 atom stereocenters. The molecule has 2 bridgehead atoms. The number of allylic oxidation sites excluding steroid dienone is 3. The molecule has 0 radical (unpaired) electrons. The summed E-state index contributed by atoms with van der Waals surface area (Å²) in [5.74, 6) is 0.169. The van der Waals surface area contributed by atoms with Gasteiger partial charge in [0.25, 0.3) is 0 Å². The summed E-state index contributed by atoms with van der Waals surface area (Å²) >= 11 is -1.33. The Morgan fingerprint density at radius 1 is 1.00 bits per heavy atom. The van der Waals surface area contributed by atoms with Gasteiger partial charge in [-0.3, -0.25) is 0 Å². The van der Waals surface area contributed by atoms with Crippen LogP contribution in [0.25, 0.3) is 5.57 Å². The fraction of sp³-hybridized carbons (Fsp3) is 0.100. The van der Waals surface area contributed by atoms with Crippen LogP contribution in [0.2, 0.25) is 0 Å². The minimum absolute atomic E-state index is 0.205. The summed E-state index contributed by atoms with van der Waals surface area (Å²) in [6.07, 6.45) is 0. The van der Waals surface area contributed by atoms with Crippen LogP contribution >= 0.6 is 11.8 Å². The van der Waals surface area contributed by atoms with Gasteiger partial charge in [0.05, 0.1) is 0 Å². The molecule has 4 aliphatic rings. The van der Waals surface area contributed by atoms with Crippen molar-refractivity contribution in [3.63, 3.8) is 0 Å². The van der Waals surface area contributed by atoms with Crippen LogP contribution in [0.5, 0.6) is 0 Å². The third-order valence-corrected chi connectivity index (χ3v) is 17.4. The Kier molecular flexibility index (Phi) is 3.51. The van der Waals surface area contributed by atoms with Gasteiger partial charge >= 0.3 is 158 Å². The number of hydrogen-bond donors (Lipinski definition) is 1. The molecule has 1 N–H and O–H groups in total. The zero-order chi connectivity index (χ0) is 17.1. The summed E-state index contributed by atoms with van der Waals surface area (Å²) < 4.78 is 4.28. The summed E-state index contributed by atoms with van der Waals surface area (Å²) in [6.45, 7) is 2.27. The molecule has 2 aromatic carbocycles. The number of hydrogen-bond acceptors (Lipinski definition) is 3. The third-order valence-electron chi connectivity index (χ3n) is 5.33. The van der Waals surface area contributed by atoms with Crippen LogP contribution in [-0.2, 0) is 4.79 Å². The Labute approximate surface area is 157 Å². The van der Waals surface area contributed by atoms with Gasteiger partial charge in [-0.05, 0) is 0 Å². The molecule has 120 valence electrons. The Morgan fingerprint density at radius 2 is 1.72 bits per heavy atom. The molecular weight excluding hydrogens is 433 g/mol. The second-order valence-electron chi connectivity index (χ2n) is 6.57. The maximum atomic E-state index is 12.2. The number of benzene rings is 2. The summed E-state index contributed by atoms with van der Waals surface area (Å²) in [5.41, 5.74) is 3.89. The van der Waals surface area contributed by atoms with Crippen LogP contribution in [0.1, 0.15) is 24.0 Å². The SMILES string of the molecule is CC([C]1=C2/[C](=C3\SC(=O)NC3=O)[In]1[c]1ccccc12)c1ccccc1. The average Bonchev–Trinajstić information content (AvgIpc) is 3.24. The first-order valence-electron chi connectivity index (χ1n) is 8.33. The molecule has 1 unspecified atom stereocenters. The molecule has 3 nitrogen and oxygen atoms in total. The second kappa shape index (κ2) is 5.64. The van der Waals surface area contributed by atoms with E-state index in [9.17, 15) is 9.59 Å². The summed E-state index contributed by atoms with van der Waals surface area (Å²) in [7, 11) is 0. The van der Waals surface area contributed by atoms with E-state index in [2.05, 4.69) is 60.8 Å². The van der Waals surface area contributed by atoms with Crippen molar-refractivity contribution in [2.75, 3.05) is 0 Å². The average molecular weight is 447 g/mol. The normalized spacial score (nSPS) is 22.0. The molecule has 5 heteroatoms. The van der Waals surface area contributed by atoms with Crippen molar-refractivity contribution in [3.8, 4) is 0 Å². The van der Waals surface area contributed by atoms with E-state index >= 15 is 0 Å². The van der Waals surface area contributed by atoms with Gasteiger partial charge in [-0.2, -0.15) is 0 Å². The monoisotopic (exact) mass is 447 g/mol. The van der Waals surface area contributed by atoms with E-state index in [0.717, 1.165) is 11.8 Å². The molecule has 0 aliphatic carbocycles. The van der Waals surface area contributed by atoms with Gasteiger partial charge in [-0.15, -0.1) is 0 Å². The Bertz CT molecular complexity index is 1010. The van der Waals surface area contributed by atoms with E-state index in [1.54, 1.807) is 3.33 Å². The molecule has 0 spiro atoms. The van der Waals surface area contributed by atoms with Crippen LogP contribution in [0, 0.1) is 0 Å². The quantitative estimate of drug-likeness (QED) is 0.720. The molecular formula is C20H14InNO2S. The van der Waals surface area contributed by atoms with E-state index in [4.69, 9.17) is 0 Å². The number of thioether (sulfide) groups is 1. The fourth-order valence-electron chi connectivity index (χ4n) is 4.25. The van der Waals surface area contributed by atoms with Crippen molar-refractivity contribution in [2.45, 2.75) is 12.8 Å². The van der Waals surface area contributed by atoms with Crippen LogP contribution in [0.3, 0.4) is 0 Å². The number of carbonyl (C=O) groups excluding carboxylic acids is 2. The first-order chi connectivity index (χ1) is 12.2. The third kappa shape index (κ3) is 2.15. The van der Waals surface area contributed by atoms with E-state index in [1.165, 1.54) is 23.3 Å². The number of nitrogens with one attached hydrogen (secondary N) is 1. The molecule has 4 heterocycles. The molecule has 1 saturated heterocycles. The molecule has 2 aromatic rings. The minimum atomic E-state index is -2.41. The van der Waals surface area contributed by atoms with Crippen molar-refractivity contribution >= 4 is 53.2 Å². The van der Waals surface area contributed by atoms with Crippen molar-refractivity contribution in [1.29, 1.82) is 0 Å². The molecule has 2 amide bonds. The van der Waals surface area contributed by atoms with Crippen molar-refractivity contribution < 1.29 is 9.59 Å². The van der Waals surface area contributed by atoms with Gasteiger partial charge in [-0.1, -0.05) is 0 Å². The molecule has 6 rings (SSSR count). The topological polar surface area (TPSA) is 46.2 Å². The fourth-order valence-corrected chi connectivity index (χ4v) is 17.3. The number of imide groups is 1. The van der Waals surface area contributed by atoms with Crippen molar-refractivity contribution in [2.24, 2.45) is 0 Å². The number of amides is 2. The second-order valence-corrected chi connectivity index (χ2v) is 15.2. The zero-order valence-corrected chi connectivity index (χ0v) is 17.7. The van der Waals surface area contributed by atoms with Gasteiger partial charge in [0, 0.05) is 0 Å². The number of carbonyl (C=O) groups is 2. The summed E-state index contributed by atoms with van der Waals surface area (Å²) in [4.78, 5) is 24.6. The standard InChI is InChI=1S/C20H14NO2S.In/c1-14(15-8-4-2-5-9-15)12-17(16-10-6-3-7-11-16)13-18-19(22)21-20(23)24-18;/h2-10,14H,1H3,(H,21,22,23);. The van der Waals surface area contributed by atoms with Crippen LogP contribution < -0.4 is 8.64 Å². The van der Waals surface area contributed by atoms with E-state index in [0.29, 0.717) is 10.8 Å². The van der Waals surface area contributed by atoms with Gasteiger partial charge in [0.1, 0.15) is 0 Å². The first-order valence-corrected chi connectivity index (χ1v) is 14.1. The Balaban J connectivity index is 1.69. The van der Waals surface area contributed by atoms with Crippen molar-refractivity contribution in [1.82, 2.24) is 5.32 Å². The van der Waals surface area contributed by atoms with Crippen LogP contribution in [0.15, 0.2) is 66.2 Å². The summed E-state index contributed by atoms with van der Waals surface area (Å²) in [6, 6.07) is 19.1. The van der Waals surface area contributed by atoms with E-state index in [1.807, 2.05) is 6.07 Å². The van der Waals surface area contributed by atoms with Crippen molar-refractivity contribution in [3.05, 3.63) is 77.3 Å². The van der Waals surface area contributed by atoms with Gasteiger partial charge in [-0.25, -0.2) is 0 Å². The molecule has 0 saturated carbocycles. The van der Waals surface area contributed by atoms with E-state index in [-0.39, 0.29) is 11.1 Å². The number of rotatable bonds is 2. The predicted octanol–water partition coefficient (Wildman–Crippen LogP) is 3.29. The first kappa shape index (κ1) is 15.5. The van der Waals surface area contributed by atoms with Gasteiger partial charge < -0.3 is 0 Å². The van der Waals surface area contributed by atoms with Crippen LogP contribution in [-0.4, -0.2) is 32.6 Å². The predicted molar refractivity (Wildman–Crippen MR) is 102 cm³/mol. The Hall–Kier alpha value is -1.72. The zero-order valence-electron chi connectivity index (χ0n) is 13.6. The maximum absolute atomic E-state index is 12.2. The summed E-state index contributed by atoms with van der Waals surface area (Å²) in [5, 5.41) is 2.18. The molecule has 1 fully saturated rings. The van der Waals surface area contributed by atoms with Gasteiger partial charge in [0.2, 0.25) is 0 Å². The Morgan fingerprint density at radius 3 is 2.40 bits per heavy atom. The van der Waals surface area contributed by atoms with Gasteiger partial charge in [0.15, 0.2) is 0 Å².